The maximum atomic E-state index is 12.3. The van der Waals surface area contributed by atoms with Crippen LogP contribution in [0.3, 0.4) is 0 Å². The van der Waals surface area contributed by atoms with Crippen LogP contribution < -0.4 is 5.32 Å². The lowest BCUT2D eigenvalue weighted by Gasteiger charge is -2.34. The first-order valence-electron chi connectivity index (χ1n) is 9.37. The first-order valence-corrected chi connectivity index (χ1v) is 9.37. The van der Waals surface area contributed by atoms with Crippen LogP contribution >= 0.6 is 0 Å². The molecule has 2 aromatic heterocycles. The minimum atomic E-state index is 0.0515. The van der Waals surface area contributed by atoms with Crippen LogP contribution in [0.15, 0.2) is 18.3 Å². The number of aromatic nitrogens is 4. The SMILES string of the molecule is Cc1cc(CN2Cc3ccnn3[C@@H](CNC(=O)N3CCCC3)C2)n(C)n1. The highest BCUT2D eigenvalue weighted by Crippen LogP contribution is 2.22. The van der Waals surface area contributed by atoms with Gasteiger partial charge in [0.25, 0.3) is 0 Å². The molecule has 0 radical (unpaired) electrons. The Morgan fingerprint density at radius 1 is 1.35 bits per heavy atom. The minimum Gasteiger partial charge on any atom is -0.336 e. The Morgan fingerprint density at radius 3 is 2.88 bits per heavy atom. The number of urea groups is 1. The average Bonchev–Trinajstić information content (AvgIpc) is 3.34. The molecular formula is C18H27N7O. The Labute approximate surface area is 153 Å². The van der Waals surface area contributed by atoms with E-state index in [2.05, 4.69) is 37.2 Å². The van der Waals surface area contributed by atoms with Gasteiger partial charge in [0, 0.05) is 52.5 Å². The van der Waals surface area contributed by atoms with Crippen LogP contribution in [0.5, 0.6) is 0 Å². The molecule has 8 heteroatoms. The highest BCUT2D eigenvalue weighted by molar-refractivity contribution is 5.74. The first-order chi connectivity index (χ1) is 12.6. The number of rotatable bonds is 4. The quantitative estimate of drug-likeness (QED) is 0.895. The lowest BCUT2D eigenvalue weighted by atomic mass is 10.1. The number of aryl methyl sites for hydroxylation is 2. The van der Waals surface area contributed by atoms with Gasteiger partial charge in [-0.15, -0.1) is 0 Å². The normalized spacial score (nSPS) is 20.4. The van der Waals surface area contributed by atoms with E-state index in [0.29, 0.717) is 6.54 Å². The summed E-state index contributed by atoms with van der Waals surface area (Å²) < 4.78 is 4.01. The van der Waals surface area contributed by atoms with E-state index in [1.54, 1.807) is 0 Å². The van der Waals surface area contributed by atoms with Gasteiger partial charge >= 0.3 is 6.03 Å². The third kappa shape index (κ3) is 3.46. The molecule has 1 N–H and O–H groups in total. The fraction of sp³-hybridized carbons (Fsp3) is 0.611. The Balaban J connectivity index is 1.42. The lowest BCUT2D eigenvalue weighted by Crippen LogP contribution is -2.45. The summed E-state index contributed by atoms with van der Waals surface area (Å²) in [5.41, 5.74) is 3.44. The van der Waals surface area contributed by atoms with E-state index in [1.807, 2.05) is 29.7 Å². The number of nitrogens with zero attached hydrogens (tertiary/aromatic N) is 6. The van der Waals surface area contributed by atoms with Crippen molar-refractivity contribution in [3.8, 4) is 0 Å². The molecule has 1 saturated heterocycles. The molecule has 1 fully saturated rings. The van der Waals surface area contributed by atoms with Crippen LogP contribution in [0, 0.1) is 6.92 Å². The van der Waals surface area contributed by atoms with E-state index >= 15 is 0 Å². The summed E-state index contributed by atoms with van der Waals surface area (Å²) in [5, 5.41) is 12.0. The van der Waals surface area contributed by atoms with Gasteiger partial charge in [0.1, 0.15) is 0 Å². The van der Waals surface area contributed by atoms with Crippen LogP contribution in [0.1, 0.15) is 36.0 Å². The average molecular weight is 357 g/mol. The monoisotopic (exact) mass is 357 g/mol. The predicted molar refractivity (Wildman–Crippen MR) is 97.5 cm³/mol. The zero-order valence-electron chi connectivity index (χ0n) is 15.6. The van der Waals surface area contributed by atoms with Gasteiger partial charge in [0.05, 0.1) is 23.1 Å². The van der Waals surface area contributed by atoms with E-state index in [-0.39, 0.29) is 12.1 Å². The number of carbonyl (C=O) groups excluding carboxylic acids is 1. The molecule has 0 aromatic carbocycles. The van der Waals surface area contributed by atoms with Gasteiger partial charge in [0.15, 0.2) is 0 Å². The summed E-state index contributed by atoms with van der Waals surface area (Å²) in [6, 6.07) is 4.40. The van der Waals surface area contributed by atoms with Crippen molar-refractivity contribution in [2.75, 3.05) is 26.2 Å². The van der Waals surface area contributed by atoms with E-state index in [4.69, 9.17) is 0 Å². The molecule has 8 nitrogen and oxygen atoms in total. The van der Waals surface area contributed by atoms with Crippen molar-refractivity contribution in [2.24, 2.45) is 7.05 Å². The van der Waals surface area contributed by atoms with Crippen molar-refractivity contribution < 1.29 is 4.79 Å². The molecule has 1 atom stereocenters. The van der Waals surface area contributed by atoms with Gasteiger partial charge in [-0.05, 0) is 31.9 Å². The zero-order valence-corrected chi connectivity index (χ0v) is 15.6. The molecule has 26 heavy (non-hydrogen) atoms. The van der Waals surface area contributed by atoms with Crippen molar-refractivity contribution in [3.05, 3.63) is 35.4 Å². The summed E-state index contributed by atoms with van der Waals surface area (Å²) >= 11 is 0. The van der Waals surface area contributed by atoms with Crippen LogP contribution in [0.4, 0.5) is 4.79 Å². The second-order valence-corrected chi connectivity index (χ2v) is 7.37. The molecule has 2 aliphatic rings. The fourth-order valence-corrected chi connectivity index (χ4v) is 4.01. The van der Waals surface area contributed by atoms with E-state index in [0.717, 1.165) is 51.3 Å². The van der Waals surface area contributed by atoms with Gasteiger partial charge in [0.2, 0.25) is 0 Å². The van der Waals surface area contributed by atoms with Gasteiger partial charge in [-0.1, -0.05) is 0 Å². The molecule has 0 aliphatic carbocycles. The Kier molecular flexibility index (Phi) is 4.67. The van der Waals surface area contributed by atoms with Gasteiger partial charge < -0.3 is 10.2 Å². The predicted octanol–water partition coefficient (Wildman–Crippen LogP) is 1.29. The molecule has 0 saturated carbocycles. The number of nitrogens with one attached hydrogen (secondary N) is 1. The van der Waals surface area contributed by atoms with Crippen LogP contribution in [0.2, 0.25) is 0 Å². The molecule has 140 valence electrons. The summed E-state index contributed by atoms with van der Waals surface area (Å²) in [4.78, 5) is 16.6. The van der Waals surface area contributed by atoms with E-state index in [1.165, 1.54) is 11.4 Å². The van der Waals surface area contributed by atoms with Gasteiger partial charge in [-0.25, -0.2) is 4.79 Å². The molecule has 2 aliphatic heterocycles. The minimum absolute atomic E-state index is 0.0515. The maximum absolute atomic E-state index is 12.3. The topological polar surface area (TPSA) is 71.2 Å². The lowest BCUT2D eigenvalue weighted by molar-refractivity contribution is 0.158. The summed E-state index contributed by atoms with van der Waals surface area (Å²) in [5.74, 6) is 0. The Morgan fingerprint density at radius 2 is 2.15 bits per heavy atom. The summed E-state index contributed by atoms with van der Waals surface area (Å²) in [7, 11) is 1.99. The summed E-state index contributed by atoms with van der Waals surface area (Å²) in [6.07, 6.45) is 4.07. The molecule has 4 heterocycles. The number of likely N-dealkylation sites (tertiary alicyclic amines) is 1. The fourth-order valence-electron chi connectivity index (χ4n) is 4.01. The van der Waals surface area contributed by atoms with Crippen molar-refractivity contribution in [1.29, 1.82) is 0 Å². The van der Waals surface area contributed by atoms with Gasteiger partial charge in [-0.2, -0.15) is 10.2 Å². The van der Waals surface area contributed by atoms with E-state index < -0.39 is 0 Å². The molecule has 0 spiro atoms. The number of hydrogen-bond donors (Lipinski definition) is 1. The Bertz CT molecular complexity index is 774. The molecule has 0 bridgehead atoms. The van der Waals surface area contributed by atoms with Crippen LogP contribution in [0.25, 0.3) is 0 Å². The van der Waals surface area contributed by atoms with Crippen molar-refractivity contribution >= 4 is 6.03 Å². The van der Waals surface area contributed by atoms with E-state index in [9.17, 15) is 4.79 Å². The number of fused-ring (bicyclic) bond motifs is 1. The van der Waals surface area contributed by atoms with Crippen LogP contribution in [-0.2, 0) is 20.1 Å². The highest BCUT2D eigenvalue weighted by Gasteiger charge is 2.27. The summed E-state index contributed by atoms with van der Waals surface area (Å²) in [6.45, 7) is 6.93. The van der Waals surface area contributed by atoms with Gasteiger partial charge in [-0.3, -0.25) is 14.3 Å². The molecular weight excluding hydrogens is 330 g/mol. The smallest absolute Gasteiger partial charge is 0.317 e. The second kappa shape index (κ2) is 7.11. The van der Waals surface area contributed by atoms with Crippen molar-refractivity contribution in [2.45, 2.75) is 38.9 Å². The standard InChI is InChI=1S/C18H27N7O/c1-14-9-16(22(2)21-14)12-23-11-15-5-6-20-25(15)17(13-23)10-19-18(26)24-7-3-4-8-24/h5-6,9,17H,3-4,7-8,10-13H2,1-2H3,(H,19,26)/t17-/m0/s1. The third-order valence-electron chi connectivity index (χ3n) is 5.32. The number of carbonyl (C=O) groups is 1. The molecule has 4 rings (SSSR count). The highest BCUT2D eigenvalue weighted by atomic mass is 16.2. The van der Waals surface area contributed by atoms with Crippen molar-refractivity contribution in [3.63, 3.8) is 0 Å². The zero-order chi connectivity index (χ0) is 18.1. The maximum Gasteiger partial charge on any atom is 0.317 e. The molecule has 0 unspecified atom stereocenters. The molecule has 2 aromatic rings. The Hall–Kier alpha value is -2.35. The first kappa shape index (κ1) is 17.1. The second-order valence-electron chi connectivity index (χ2n) is 7.37. The largest absolute Gasteiger partial charge is 0.336 e. The van der Waals surface area contributed by atoms with Crippen molar-refractivity contribution in [1.82, 2.24) is 34.7 Å². The number of hydrogen-bond acceptors (Lipinski definition) is 4. The van der Waals surface area contributed by atoms with Crippen LogP contribution in [-0.4, -0.2) is 61.6 Å². The third-order valence-corrected chi connectivity index (χ3v) is 5.32. The molecule has 2 amide bonds. The number of amides is 2.